The fourth-order valence-electron chi connectivity index (χ4n) is 1.62. The number of nitrogens with zero attached hydrogens (tertiary/aromatic N) is 2. The van der Waals surface area contributed by atoms with Gasteiger partial charge >= 0.3 is 5.97 Å². The molecule has 0 atom stereocenters. The van der Waals surface area contributed by atoms with Crippen LogP contribution in [0.15, 0.2) is 22.6 Å². The van der Waals surface area contributed by atoms with Crippen LogP contribution in [0.5, 0.6) is 11.5 Å². The predicted molar refractivity (Wildman–Crippen MR) is 68.0 cm³/mol. The molecule has 0 saturated carbocycles. The van der Waals surface area contributed by atoms with Gasteiger partial charge in [0.25, 0.3) is 5.89 Å². The number of aromatic carboxylic acids is 1. The number of aryl methyl sites for hydroxylation is 1. The third-order valence-electron chi connectivity index (χ3n) is 2.58. The highest BCUT2D eigenvalue weighted by Crippen LogP contribution is 2.31. The molecule has 7 nitrogen and oxygen atoms in total. The van der Waals surface area contributed by atoms with E-state index in [-0.39, 0.29) is 23.8 Å². The Labute approximate surface area is 115 Å². The summed E-state index contributed by atoms with van der Waals surface area (Å²) in [6, 6.07) is 4.63. The maximum Gasteiger partial charge on any atom is 0.339 e. The Hall–Kier alpha value is -2.57. The van der Waals surface area contributed by atoms with Crippen LogP contribution < -0.4 is 9.47 Å². The lowest BCUT2D eigenvalue weighted by Gasteiger charge is -2.11. The quantitative estimate of drug-likeness (QED) is 0.862. The van der Waals surface area contributed by atoms with Gasteiger partial charge < -0.3 is 19.0 Å². The van der Waals surface area contributed by atoms with Crippen molar-refractivity contribution in [3.8, 4) is 11.5 Å². The molecule has 0 fully saturated rings. The minimum absolute atomic E-state index is 0.0135. The molecule has 106 valence electrons. The Bertz CT molecular complexity index is 609. The Morgan fingerprint density at radius 3 is 2.70 bits per heavy atom. The van der Waals surface area contributed by atoms with Crippen LogP contribution in [0.4, 0.5) is 0 Å². The number of carboxylic acids is 1. The summed E-state index contributed by atoms with van der Waals surface area (Å²) in [6.45, 7) is 1.87. The molecule has 1 heterocycles. The SMILES string of the molecule is CCc1nnc(COc2c(OC)cccc2C(=O)O)o1. The molecule has 0 aliphatic carbocycles. The second kappa shape index (κ2) is 6.05. The lowest BCUT2D eigenvalue weighted by Crippen LogP contribution is -2.05. The van der Waals surface area contributed by atoms with Crippen molar-refractivity contribution in [3.05, 3.63) is 35.5 Å². The molecule has 0 spiro atoms. The lowest BCUT2D eigenvalue weighted by molar-refractivity contribution is 0.0690. The standard InChI is InChI=1S/C13H14N2O5/c1-3-10-14-15-11(20-10)7-19-12-8(13(16)17)5-4-6-9(12)18-2/h4-6H,3,7H2,1-2H3,(H,16,17). The number of methoxy groups -OCH3 is 1. The molecule has 0 unspecified atom stereocenters. The predicted octanol–water partition coefficient (Wildman–Crippen LogP) is 1.92. The highest BCUT2D eigenvalue weighted by molar-refractivity contribution is 5.92. The second-order valence-corrected chi connectivity index (χ2v) is 3.87. The van der Waals surface area contributed by atoms with Crippen LogP contribution in [0, 0.1) is 0 Å². The van der Waals surface area contributed by atoms with Gasteiger partial charge in [-0.25, -0.2) is 4.79 Å². The summed E-state index contributed by atoms with van der Waals surface area (Å²) in [5.41, 5.74) is 0.0135. The topological polar surface area (TPSA) is 94.7 Å². The van der Waals surface area contributed by atoms with Crippen LogP contribution in [0.25, 0.3) is 0 Å². The normalized spacial score (nSPS) is 10.3. The van der Waals surface area contributed by atoms with E-state index in [0.29, 0.717) is 18.1 Å². The van der Waals surface area contributed by atoms with Crippen LogP contribution >= 0.6 is 0 Å². The molecule has 2 aromatic rings. The monoisotopic (exact) mass is 278 g/mol. The van der Waals surface area contributed by atoms with Crippen molar-refractivity contribution in [2.24, 2.45) is 0 Å². The molecule has 0 aliphatic heterocycles. The summed E-state index contributed by atoms with van der Waals surface area (Å²) in [6.07, 6.45) is 0.627. The summed E-state index contributed by atoms with van der Waals surface area (Å²) in [5.74, 6) is 0.156. The first-order valence-electron chi connectivity index (χ1n) is 6.00. The molecule has 2 rings (SSSR count). The molecular formula is C13H14N2O5. The molecule has 1 aromatic heterocycles. The van der Waals surface area contributed by atoms with Gasteiger partial charge in [-0.1, -0.05) is 13.0 Å². The highest BCUT2D eigenvalue weighted by atomic mass is 16.5. The van der Waals surface area contributed by atoms with Crippen molar-refractivity contribution in [2.75, 3.05) is 7.11 Å². The Morgan fingerprint density at radius 2 is 2.10 bits per heavy atom. The van der Waals surface area contributed by atoms with Crippen molar-refractivity contribution < 1.29 is 23.8 Å². The third-order valence-corrected chi connectivity index (χ3v) is 2.58. The number of carbonyl (C=O) groups is 1. The summed E-state index contributed by atoms with van der Waals surface area (Å²) in [7, 11) is 1.44. The Balaban J connectivity index is 2.21. The zero-order valence-electron chi connectivity index (χ0n) is 11.1. The molecule has 20 heavy (non-hydrogen) atoms. The molecule has 0 radical (unpaired) electrons. The van der Waals surface area contributed by atoms with E-state index in [1.54, 1.807) is 12.1 Å². The number of carboxylic acid groups (broad SMARTS) is 1. The van der Waals surface area contributed by atoms with Crippen molar-refractivity contribution in [1.82, 2.24) is 10.2 Å². The van der Waals surface area contributed by atoms with Gasteiger partial charge in [-0.15, -0.1) is 10.2 Å². The van der Waals surface area contributed by atoms with Gasteiger partial charge in [0.1, 0.15) is 5.56 Å². The molecule has 0 bridgehead atoms. The fraction of sp³-hybridized carbons (Fsp3) is 0.308. The smallest absolute Gasteiger partial charge is 0.339 e. The first kappa shape index (κ1) is 13.9. The average Bonchev–Trinajstić information content (AvgIpc) is 2.92. The zero-order valence-corrected chi connectivity index (χ0v) is 11.1. The summed E-state index contributed by atoms with van der Waals surface area (Å²) >= 11 is 0. The van der Waals surface area contributed by atoms with E-state index in [1.165, 1.54) is 13.2 Å². The van der Waals surface area contributed by atoms with Gasteiger partial charge in [-0.2, -0.15) is 0 Å². The van der Waals surface area contributed by atoms with Crippen molar-refractivity contribution in [1.29, 1.82) is 0 Å². The van der Waals surface area contributed by atoms with Crippen molar-refractivity contribution in [2.45, 2.75) is 20.0 Å². The number of para-hydroxylation sites is 1. The summed E-state index contributed by atoms with van der Waals surface area (Å²) < 4.78 is 15.9. The van der Waals surface area contributed by atoms with Gasteiger partial charge in [0.15, 0.2) is 18.1 Å². The number of hydrogen-bond acceptors (Lipinski definition) is 6. The molecular weight excluding hydrogens is 264 g/mol. The van der Waals surface area contributed by atoms with Crippen LogP contribution in [0.3, 0.4) is 0 Å². The van der Waals surface area contributed by atoms with E-state index in [9.17, 15) is 4.79 Å². The largest absolute Gasteiger partial charge is 0.493 e. The van der Waals surface area contributed by atoms with Gasteiger partial charge in [0, 0.05) is 6.42 Å². The van der Waals surface area contributed by atoms with Crippen molar-refractivity contribution >= 4 is 5.97 Å². The number of ether oxygens (including phenoxy) is 2. The van der Waals surface area contributed by atoms with Gasteiger partial charge in [-0.3, -0.25) is 0 Å². The lowest BCUT2D eigenvalue weighted by atomic mass is 10.2. The highest BCUT2D eigenvalue weighted by Gasteiger charge is 2.17. The van der Waals surface area contributed by atoms with Gasteiger partial charge in [-0.05, 0) is 12.1 Å². The van der Waals surface area contributed by atoms with Crippen LogP contribution in [-0.4, -0.2) is 28.4 Å². The van der Waals surface area contributed by atoms with E-state index in [4.69, 9.17) is 19.0 Å². The molecule has 0 saturated heterocycles. The molecule has 0 aliphatic rings. The molecule has 1 N–H and O–H groups in total. The third kappa shape index (κ3) is 2.87. The zero-order chi connectivity index (χ0) is 14.5. The van der Waals surface area contributed by atoms with Gasteiger partial charge in [0.05, 0.1) is 7.11 Å². The number of benzene rings is 1. The van der Waals surface area contributed by atoms with Crippen molar-refractivity contribution in [3.63, 3.8) is 0 Å². The first-order valence-corrected chi connectivity index (χ1v) is 6.00. The Morgan fingerprint density at radius 1 is 1.35 bits per heavy atom. The summed E-state index contributed by atoms with van der Waals surface area (Å²) in [5, 5.41) is 16.7. The summed E-state index contributed by atoms with van der Waals surface area (Å²) in [4.78, 5) is 11.2. The fourth-order valence-corrected chi connectivity index (χ4v) is 1.62. The number of hydrogen-bond donors (Lipinski definition) is 1. The van der Waals surface area contributed by atoms with E-state index < -0.39 is 5.97 Å². The van der Waals surface area contributed by atoms with Crippen LogP contribution in [-0.2, 0) is 13.0 Å². The Kier molecular flexibility index (Phi) is 4.19. The van der Waals surface area contributed by atoms with E-state index in [2.05, 4.69) is 10.2 Å². The van der Waals surface area contributed by atoms with E-state index in [0.717, 1.165) is 0 Å². The minimum atomic E-state index is -1.10. The minimum Gasteiger partial charge on any atom is -0.493 e. The average molecular weight is 278 g/mol. The number of rotatable bonds is 6. The second-order valence-electron chi connectivity index (χ2n) is 3.87. The maximum atomic E-state index is 11.2. The van der Waals surface area contributed by atoms with Gasteiger partial charge in [0.2, 0.25) is 5.89 Å². The van der Waals surface area contributed by atoms with E-state index in [1.807, 2.05) is 6.92 Å². The molecule has 1 aromatic carbocycles. The first-order chi connectivity index (χ1) is 9.65. The molecule has 7 heteroatoms. The van der Waals surface area contributed by atoms with E-state index >= 15 is 0 Å². The molecule has 0 amide bonds. The van der Waals surface area contributed by atoms with Crippen LogP contribution in [0.2, 0.25) is 0 Å². The maximum absolute atomic E-state index is 11.2. The van der Waals surface area contributed by atoms with Crippen LogP contribution in [0.1, 0.15) is 29.1 Å². The number of aromatic nitrogens is 2.